The first-order valence-corrected chi connectivity index (χ1v) is 26.5. The molecule has 0 atom stereocenters. The summed E-state index contributed by atoms with van der Waals surface area (Å²) in [5.41, 5.74) is 0.181. The van der Waals surface area contributed by atoms with E-state index in [4.69, 9.17) is 26.0 Å². The molecule has 9 rings (SSSR count). The number of alkyl halides is 13. The van der Waals surface area contributed by atoms with E-state index in [9.17, 15) is 61.5 Å². The van der Waals surface area contributed by atoms with Crippen LogP contribution in [0.5, 0.6) is 11.8 Å². The number of pyridine rings is 5. The maximum Gasteiger partial charge on any atom is 1.00 e. The minimum atomic E-state index is -4.64. The van der Waals surface area contributed by atoms with Crippen molar-refractivity contribution in [2.45, 2.75) is 133 Å². The maximum absolute atomic E-state index is 14.0. The van der Waals surface area contributed by atoms with Gasteiger partial charge in [-0.05, 0) is 134 Å². The molecular weight excluding hydrogens is 1400 g/mol. The third-order valence-corrected chi connectivity index (χ3v) is 11.9. The van der Waals surface area contributed by atoms with Crippen LogP contribution in [0.3, 0.4) is 0 Å². The van der Waals surface area contributed by atoms with Crippen molar-refractivity contribution in [3.8, 4) is 22.9 Å². The fraction of sp³-hybridized carbons (Fsp3) is 0.472. The fourth-order valence-corrected chi connectivity index (χ4v) is 7.32. The third kappa shape index (κ3) is 24.1. The number of nitrogens with zero attached hydrogens (tertiary/aromatic N) is 11. The first-order valence-electron chi connectivity index (χ1n) is 24.6. The van der Waals surface area contributed by atoms with Crippen molar-refractivity contribution in [3.63, 3.8) is 0 Å². The number of rotatable bonds is 13. The quantitative estimate of drug-likeness (QED) is 0.0600. The summed E-state index contributed by atoms with van der Waals surface area (Å²) in [7, 11) is -0.844. The molecule has 90 heavy (non-hydrogen) atoms. The summed E-state index contributed by atoms with van der Waals surface area (Å²) in [4.78, 5) is 7.08. The maximum atomic E-state index is 14.0. The molecule has 8 aromatic heterocycles. The molecule has 8 aromatic rings. The second kappa shape index (κ2) is 36.4. The van der Waals surface area contributed by atoms with Gasteiger partial charge in [0.25, 0.3) is 11.8 Å². The zero-order valence-electron chi connectivity index (χ0n) is 46.8. The molecule has 0 radical (unpaired) electrons. The van der Waals surface area contributed by atoms with E-state index in [-0.39, 0.29) is 101 Å². The average molecular weight is 1460 g/mol. The van der Waals surface area contributed by atoms with Gasteiger partial charge in [-0.25, -0.2) is 18.7 Å². The smallest absolute Gasteiger partial charge is 0.855 e. The monoisotopic (exact) mass is 1460 g/mol. The summed E-state index contributed by atoms with van der Waals surface area (Å²) in [5, 5.41) is 26.4. The second-order valence-corrected chi connectivity index (χ2v) is 19.8. The van der Waals surface area contributed by atoms with Gasteiger partial charge in [-0.15, -0.1) is 37.2 Å². The van der Waals surface area contributed by atoms with Gasteiger partial charge in [-0.2, -0.15) is 52.7 Å². The molecule has 18 nitrogen and oxygen atoms in total. The summed E-state index contributed by atoms with van der Waals surface area (Å²) in [6, 6.07) is 11.2. The molecule has 1 fully saturated rings. The van der Waals surface area contributed by atoms with Crippen LogP contribution in [0.15, 0.2) is 88.5 Å². The van der Waals surface area contributed by atoms with Gasteiger partial charge < -0.3 is 33.4 Å². The first-order chi connectivity index (χ1) is 39.5. The van der Waals surface area contributed by atoms with E-state index in [0.717, 1.165) is 27.1 Å². The van der Waals surface area contributed by atoms with Crippen LogP contribution in [0.2, 0.25) is 0 Å². The summed E-state index contributed by atoms with van der Waals surface area (Å²) in [5.74, 6) is -5.56. The molecule has 1 aliphatic heterocycles. The van der Waals surface area contributed by atoms with Gasteiger partial charge in [0.1, 0.15) is 0 Å². The third-order valence-electron chi connectivity index (χ3n) is 10.8. The minimum absolute atomic E-state index is 0. The summed E-state index contributed by atoms with van der Waals surface area (Å²) >= 11 is 11.2. The van der Waals surface area contributed by atoms with Crippen LogP contribution in [0.4, 0.5) is 61.5 Å². The molecule has 498 valence electrons. The molecular formula is C53H66BBr2ClF14N11NaO7. The van der Waals surface area contributed by atoms with E-state index >= 15 is 0 Å². The van der Waals surface area contributed by atoms with Crippen molar-refractivity contribution in [2.24, 2.45) is 0 Å². The molecule has 0 bridgehead atoms. The molecule has 0 unspecified atom stereocenters. The Labute approximate surface area is 554 Å². The Hall–Kier alpha value is -5.11. The van der Waals surface area contributed by atoms with Crippen molar-refractivity contribution in [1.29, 1.82) is 0 Å². The molecule has 9 heterocycles. The van der Waals surface area contributed by atoms with E-state index in [2.05, 4.69) is 91.4 Å². The summed E-state index contributed by atoms with van der Waals surface area (Å²) in [6.45, 7) is 12.1. The van der Waals surface area contributed by atoms with Crippen LogP contribution >= 0.6 is 43.5 Å². The Balaban J connectivity index is 0. The number of hydrogen-bond donors (Lipinski definition) is 0. The van der Waals surface area contributed by atoms with E-state index < -0.39 is 102 Å². The minimum Gasteiger partial charge on any atom is -0.855 e. The van der Waals surface area contributed by atoms with Crippen LogP contribution in [0, 0.1) is 11.6 Å². The Morgan fingerprint density at radius 1 is 0.556 bits per heavy atom. The van der Waals surface area contributed by atoms with Gasteiger partial charge >= 0.3 is 66.6 Å². The van der Waals surface area contributed by atoms with E-state index in [1.807, 2.05) is 41.5 Å². The first kappa shape index (κ1) is 87.0. The summed E-state index contributed by atoms with van der Waals surface area (Å²) in [6.07, 6.45) is -9.99. The molecule has 0 aliphatic carbocycles. The summed E-state index contributed by atoms with van der Waals surface area (Å²) < 4.78 is 214. The van der Waals surface area contributed by atoms with Crippen LogP contribution < -0.4 is 49.6 Å². The molecule has 0 aromatic carbocycles. The van der Waals surface area contributed by atoms with Crippen LogP contribution in [-0.2, 0) is 36.4 Å². The van der Waals surface area contributed by atoms with E-state index in [1.54, 1.807) is 31.2 Å². The predicted octanol–water partition coefficient (Wildman–Crippen LogP) is 11.7. The molecule has 37 heteroatoms. The SMILES string of the molecule is C.C.C.C.CC.CC1(C)OB(c2cnc(OCC(F)(F)F)c(F)c2)OC1(C)C.CCOC(F)(F)c1nnc2ccc(-c3cnc(OCC(F)(F)F)c(F)c3)cn12.CCOC(F)(F)c1nnc2ccc(Br)cn12.CC[O-].FC(F)(Cl)c1nnc2ccc(Br)cn12.[Na+]. The molecule has 1 aliphatic rings. The van der Waals surface area contributed by atoms with Crippen LogP contribution in [0.1, 0.15) is 109 Å². The number of ether oxygens (including phenoxy) is 4. The van der Waals surface area contributed by atoms with Gasteiger partial charge in [0, 0.05) is 56.5 Å². The van der Waals surface area contributed by atoms with Crippen molar-refractivity contribution >= 4 is 73.0 Å². The molecule has 0 amide bonds. The zero-order valence-corrected chi connectivity index (χ0v) is 52.7. The zero-order chi connectivity index (χ0) is 64.1. The van der Waals surface area contributed by atoms with Gasteiger partial charge in [0.2, 0.25) is 17.5 Å². The number of hydrogen-bond acceptors (Lipinski definition) is 15. The van der Waals surface area contributed by atoms with Gasteiger partial charge in [0.05, 0.1) is 24.4 Å². The Morgan fingerprint density at radius 3 is 1.28 bits per heavy atom. The Morgan fingerprint density at radius 2 is 0.911 bits per heavy atom. The van der Waals surface area contributed by atoms with Crippen molar-refractivity contribution < 1.29 is 124 Å². The topological polar surface area (TPSA) is 195 Å². The van der Waals surface area contributed by atoms with Crippen LogP contribution in [0.25, 0.3) is 28.1 Å². The standard InChI is InChI=1S/C16H12F6N4O2.C13H16BF4NO3.C9H8BrF2N3O.C7H3BrClF2N3.C2H5O.C2H6.4CH4.Na/c1-2-28-16(21,22)14-25-24-12-4-3-9(7-26(12)14)10-5-11(17)13(23-6-10)27-8-15(18,19)20;1-11(2)12(3,4)22-14(21-11)8-5-9(15)10(19-6-8)20-7-13(16,17)18;1-2-16-9(11,12)8-14-13-7-4-3-6(10)5-15(7)8;8-4-1-2-5-12-13-6(7(9,10)11)14(5)3-4;1-2-3;1-2;;;;;/h3-7H,2,8H2,1H3;5-6H,7H2,1-4H3;3-5H,2H2,1H3;1-3H;2H2,1H3;1-2H3;4*1H4;/q;;;;-1;;;;;;+1. The molecule has 1 saturated heterocycles. The number of halogens is 17. The van der Waals surface area contributed by atoms with E-state index in [1.165, 1.54) is 55.2 Å². The number of aromatic nitrogens is 11. The van der Waals surface area contributed by atoms with E-state index in [0.29, 0.717) is 20.2 Å². The Kier molecular flexibility index (Phi) is 35.1. The van der Waals surface area contributed by atoms with Gasteiger partial charge in [-0.1, -0.05) is 50.5 Å². The normalized spacial score (nSPS) is 13.2. The number of fused-ring (bicyclic) bond motifs is 3. The molecule has 0 saturated carbocycles. The van der Waals surface area contributed by atoms with Gasteiger partial charge in [-0.3, -0.25) is 13.2 Å². The van der Waals surface area contributed by atoms with Gasteiger partial charge in [0.15, 0.2) is 41.8 Å². The second-order valence-electron chi connectivity index (χ2n) is 17.5. The Bertz CT molecular complexity index is 3440. The van der Waals surface area contributed by atoms with Crippen LogP contribution in [-0.4, -0.2) is 117 Å². The van der Waals surface area contributed by atoms with Crippen molar-refractivity contribution in [3.05, 3.63) is 118 Å². The van der Waals surface area contributed by atoms with Crippen molar-refractivity contribution in [2.75, 3.05) is 33.0 Å². The predicted molar refractivity (Wildman–Crippen MR) is 310 cm³/mol. The fourth-order valence-electron chi connectivity index (χ4n) is 6.52. The molecule has 0 N–H and O–H groups in total. The molecule has 0 spiro atoms. The average Bonchev–Trinajstić information content (AvgIpc) is 3.17. The van der Waals surface area contributed by atoms with Crippen molar-refractivity contribution in [1.82, 2.24) is 53.8 Å². The largest absolute Gasteiger partial charge is 1.00 e.